The fourth-order valence-corrected chi connectivity index (χ4v) is 3.26. The zero-order chi connectivity index (χ0) is 15.2. The van der Waals surface area contributed by atoms with Crippen molar-refractivity contribution in [2.24, 2.45) is 0 Å². The lowest BCUT2D eigenvalue weighted by Crippen LogP contribution is -2.07. The lowest BCUT2D eigenvalue weighted by Gasteiger charge is -2.08. The van der Waals surface area contributed by atoms with Crippen LogP contribution in [0.25, 0.3) is 0 Å². The van der Waals surface area contributed by atoms with Crippen molar-refractivity contribution in [1.29, 1.82) is 0 Å². The largest absolute Gasteiger partial charge is 0.492 e. The van der Waals surface area contributed by atoms with Gasteiger partial charge in [-0.05, 0) is 19.1 Å². The lowest BCUT2D eigenvalue weighted by atomic mass is 10.1. The van der Waals surface area contributed by atoms with Crippen molar-refractivity contribution in [3.63, 3.8) is 0 Å². The van der Waals surface area contributed by atoms with E-state index in [4.69, 9.17) is 4.74 Å². The minimum atomic E-state index is 0.0120. The number of hydrogen-bond donors (Lipinski definition) is 0. The Labute approximate surface area is 132 Å². The highest BCUT2D eigenvalue weighted by atomic mass is 32.2. The first-order chi connectivity index (χ1) is 10.1. The first-order valence-corrected chi connectivity index (χ1v) is 8.24. The molecular formula is C14H17N3O2S2. The van der Waals surface area contributed by atoms with Crippen LogP contribution >= 0.6 is 23.1 Å². The zero-order valence-electron chi connectivity index (χ0n) is 12.2. The van der Waals surface area contributed by atoms with Crippen molar-refractivity contribution < 1.29 is 9.53 Å². The first-order valence-electron chi connectivity index (χ1n) is 6.44. The van der Waals surface area contributed by atoms with Crippen LogP contribution in [0.1, 0.15) is 17.3 Å². The maximum Gasteiger partial charge on any atom is 0.208 e. The number of rotatable bonds is 7. The summed E-state index contributed by atoms with van der Waals surface area (Å²) in [5.74, 6) is 1.41. The van der Waals surface area contributed by atoms with E-state index in [0.29, 0.717) is 17.9 Å². The molecule has 2 rings (SSSR count). The van der Waals surface area contributed by atoms with Gasteiger partial charge in [-0.1, -0.05) is 35.2 Å². The smallest absolute Gasteiger partial charge is 0.208 e. The fourth-order valence-electron chi connectivity index (χ4n) is 1.61. The standard InChI is InChI=1S/C14H17N3O2S2/c1-10(18)11-6-4-5-7-12(11)19-8-9-20-14-16-15-13(21-14)17(2)3/h4-7H,8-9H2,1-3H3. The van der Waals surface area contributed by atoms with Crippen molar-refractivity contribution in [2.45, 2.75) is 11.3 Å². The van der Waals surface area contributed by atoms with Crippen LogP contribution in [-0.2, 0) is 0 Å². The summed E-state index contributed by atoms with van der Waals surface area (Å²) < 4.78 is 6.60. The SMILES string of the molecule is CC(=O)c1ccccc1OCCSc1nnc(N(C)C)s1. The molecule has 1 aromatic heterocycles. The van der Waals surface area contributed by atoms with E-state index in [9.17, 15) is 4.79 Å². The predicted octanol–water partition coefficient (Wildman–Crippen LogP) is 2.98. The number of benzene rings is 1. The van der Waals surface area contributed by atoms with E-state index >= 15 is 0 Å². The van der Waals surface area contributed by atoms with Gasteiger partial charge in [-0.15, -0.1) is 10.2 Å². The van der Waals surface area contributed by atoms with Gasteiger partial charge in [-0.3, -0.25) is 4.79 Å². The average molecular weight is 323 g/mol. The maximum atomic E-state index is 11.5. The summed E-state index contributed by atoms with van der Waals surface area (Å²) in [7, 11) is 3.88. The third-order valence-electron chi connectivity index (χ3n) is 2.61. The first kappa shape index (κ1) is 15.8. The van der Waals surface area contributed by atoms with Crippen LogP contribution in [0.15, 0.2) is 28.6 Å². The molecule has 1 heterocycles. The molecule has 0 aliphatic carbocycles. The van der Waals surface area contributed by atoms with Crippen molar-refractivity contribution >= 4 is 34.0 Å². The van der Waals surface area contributed by atoms with Crippen LogP contribution in [0.4, 0.5) is 5.13 Å². The van der Waals surface area contributed by atoms with Crippen LogP contribution in [0.5, 0.6) is 5.75 Å². The molecule has 0 aliphatic rings. The molecule has 21 heavy (non-hydrogen) atoms. The van der Waals surface area contributed by atoms with Gasteiger partial charge in [0.1, 0.15) is 5.75 Å². The maximum absolute atomic E-state index is 11.5. The molecule has 2 aromatic rings. The molecular weight excluding hydrogens is 306 g/mol. The van der Waals surface area contributed by atoms with Gasteiger partial charge in [0.05, 0.1) is 12.2 Å². The highest BCUT2D eigenvalue weighted by Crippen LogP contribution is 2.27. The Hall–Kier alpha value is -1.60. The average Bonchev–Trinajstić information content (AvgIpc) is 2.93. The molecule has 0 bridgehead atoms. The van der Waals surface area contributed by atoms with Crippen molar-refractivity contribution in [1.82, 2.24) is 10.2 Å². The van der Waals surface area contributed by atoms with Gasteiger partial charge < -0.3 is 9.64 Å². The number of para-hydroxylation sites is 1. The Morgan fingerprint density at radius 1 is 1.33 bits per heavy atom. The van der Waals surface area contributed by atoms with Crippen LogP contribution in [0.3, 0.4) is 0 Å². The number of thioether (sulfide) groups is 1. The predicted molar refractivity (Wildman–Crippen MR) is 86.9 cm³/mol. The fraction of sp³-hybridized carbons (Fsp3) is 0.357. The third-order valence-corrected chi connectivity index (χ3v) is 4.80. The highest BCUT2D eigenvalue weighted by Gasteiger charge is 2.08. The highest BCUT2D eigenvalue weighted by molar-refractivity contribution is 8.01. The molecule has 0 saturated heterocycles. The summed E-state index contributed by atoms with van der Waals surface area (Å²) in [4.78, 5) is 13.4. The zero-order valence-corrected chi connectivity index (χ0v) is 13.8. The normalized spacial score (nSPS) is 10.4. The number of hydrogen-bond acceptors (Lipinski definition) is 7. The molecule has 0 aliphatic heterocycles. The lowest BCUT2D eigenvalue weighted by molar-refractivity contribution is 0.101. The van der Waals surface area contributed by atoms with E-state index in [0.717, 1.165) is 15.2 Å². The number of aromatic nitrogens is 2. The van der Waals surface area contributed by atoms with Crippen LogP contribution in [-0.4, -0.2) is 42.4 Å². The van der Waals surface area contributed by atoms with Gasteiger partial charge in [-0.25, -0.2) is 0 Å². The summed E-state index contributed by atoms with van der Waals surface area (Å²) in [6.07, 6.45) is 0. The van der Waals surface area contributed by atoms with Gasteiger partial charge in [0.25, 0.3) is 0 Å². The number of Topliss-reactive ketones (excluding diaryl/α,β-unsaturated/α-hetero) is 1. The van der Waals surface area contributed by atoms with Crippen molar-refractivity contribution in [3.8, 4) is 5.75 Å². The third kappa shape index (κ3) is 4.44. The monoisotopic (exact) mass is 323 g/mol. The van der Waals surface area contributed by atoms with Crippen LogP contribution in [0.2, 0.25) is 0 Å². The molecule has 7 heteroatoms. The summed E-state index contributed by atoms with van der Waals surface area (Å²) >= 11 is 3.15. The number of carbonyl (C=O) groups excluding carboxylic acids is 1. The van der Waals surface area contributed by atoms with Crippen LogP contribution in [0, 0.1) is 0 Å². The van der Waals surface area contributed by atoms with Gasteiger partial charge in [-0.2, -0.15) is 0 Å². The molecule has 0 saturated carbocycles. The molecule has 112 valence electrons. The molecule has 1 aromatic carbocycles. The molecule has 0 unspecified atom stereocenters. The Bertz CT molecular complexity index is 614. The Kier molecular flexibility index (Phi) is 5.58. The Morgan fingerprint density at radius 3 is 2.76 bits per heavy atom. The second kappa shape index (κ2) is 7.42. The van der Waals surface area contributed by atoms with E-state index < -0.39 is 0 Å². The number of anilines is 1. The number of nitrogens with zero attached hydrogens (tertiary/aromatic N) is 3. The van der Waals surface area contributed by atoms with Gasteiger partial charge in [0, 0.05) is 19.8 Å². The van der Waals surface area contributed by atoms with Gasteiger partial charge in [0.2, 0.25) is 5.13 Å². The summed E-state index contributed by atoms with van der Waals surface area (Å²) in [5.41, 5.74) is 0.619. The van der Waals surface area contributed by atoms with E-state index in [1.807, 2.05) is 37.2 Å². The second-order valence-corrected chi connectivity index (χ2v) is 6.79. The molecule has 5 nitrogen and oxygen atoms in total. The van der Waals surface area contributed by atoms with E-state index in [2.05, 4.69) is 10.2 Å². The topological polar surface area (TPSA) is 55.3 Å². The molecule has 0 amide bonds. The Balaban J connectivity index is 1.83. The van der Waals surface area contributed by atoms with Crippen molar-refractivity contribution in [2.75, 3.05) is 31.4 Å². The molecule has 0 N–H and O–H groups in total. The van der Waals surface area contributed by atoms with Gasteiger partial charge >= 0.3 is 0 Å². The molecule has 0 fully saturated rings. The molecule has 0 atom stereocenters. The summed E-state index contributed by atoms with van der Waals surface area (Å²) in [5, 5.41) is 9.08. The van der Waals surface area contributed by atoms with Crippen molar-refractivity contribution in [3.05, 3.63) is 29.8 Å². The van der Waals surface area contributed by atoms with Gasteiger partial charge in [0.15, 0.2) is 10.1 Å². The minimum Gasteiger partial charge on any atom is -0.492 e. The quantitative estimate of drug-likeness (QED) is 0.443. The molecule has 0 radical (unpaired) electrons. The van der Waals surface area contributed by atoms with E-state index in [-0.39, 0.29) is 5.78 Å². The number of ketones is 1. The molecule has 0 spiro atoms. The number of ether oxygens (including phenoxy) is 1. The second-order valence-electron chi connectivity index (χ2n) is 4.49. The van der Waals surface area contributed by atoms with E-state index in [1.165, 1.54) is 0 Å². The van der Waals surface area contributed by atoms with E-state index in [1.54, 1.807) is 36.1 Å². The minimum absolute atomic E-state index is 0.0120. The Morgan fingerprint density at radius 2 is 2.10 bits per heavy atom. The van der Waals surface area contributed by atoms with Crippen LogP contribution < -0.4 is 9.64 Å². The summed E-state index contributed by atoms with van der Waals surface area (Å²) in [6.45, 7) is 2.06. The number of carbonyl (C=O) groups is 1. The summed E-state index contributed by atoms with van der Waals surface area (Å²) in [6, 6.07) is 7.29.